The van der Waals surface area contributed by atoms with Gasteiger partial charge in [-0.05, 0) is 18.5 Å². The fourth-order valence-electron chi connectivity index (χ4n) is 2.95. The Kier molecular flexibility index (Phi) is 3.80. The molecule has 0 aliphatic carbocycles. The van der Waals surface area contributed by atoms with E-state index < -0.39 is 0 Å². The third-order valence-electron chi connectivity index (χ3n) is 3.90. The molecular formula is C15H19N3O2. The third-order valence-corrected chi connectivity index (χ3v) is 3.90. The minimum atomic E-state index is -0.0640. The molecule has 1 aromatic rings. The van der Waals surface area contributed by atoms with Crippen LogP contribution in [0.3, 0.4) is 0 Å². The molecule has 2 saturated heterocycles. The second kappa shape index (κ2) is 5.73. The number of hydrogen-bond acceptors (Lipinski definition) is 4. The highest BCUT2D eigenvalue weighted by molar-refractivity contribution is 5.99. The highest BCUT2D eigenvalue weighted by atomic mass is 16.2. The van der Waals surface area contributed by atoms with E-state index in [1.807, 2.05) is 35.2 Å². The Morgan fingerprint density at radius 3 is 2.40 bits per heavy atom. The van der Waals surface area contributed by atoms with Crippen molar-refractivity contribution in [1.82, 2.24) is 15.1 Å². The molecule has 106 valence electrons. The van der Waals surface area contributed by atoms with Gasteiger partial charge < -0.3 is 5.32 Å². The van der Waals surface area contributed by atoms with E-state index in [9.17, 15) is 9.59 Å². The van der Waals surface area contributed by atoms with Crippen molar-refractivity contribution < 1.29 is 9.59 Å². The third kappa shape index (κ3) is 2.73. The van der Waals surface area contributed by atoms with E-state index in [2.05, 4.69) is 5.32 Å². The standard InChI is InChI=1S/C15H19N3O2/c19-14-10-17(9-12-4-2-1-3-5-12)11-15(20)18(14)13-6-7-16-8-13/h1-5,13,16H,6-11H2. The summed E-state index contributed by atoms with van der Waals surface area (Å²) in [6.07, 6.45) is 0.871. The lowest BCUT2D eigenvalue weighted by Crippen LogP contribution is -2.57. The summed E-state index contributed by atoms with van der Waals surface area (Å²) >= 11 is 0. The maximum absolute atomic E-state index is 12.2. The fourth-order valence-corrected chi connectivity index (χ4v) is 2.95. The molecule has 0 aromatic heterocycles. The van der Waals surface area contributed by atoms with Crippen LogP contribution in [-0.4, -0.2) is 53.8 Å². The molecule has 1 atom stereocenters. The Balaban J connectivity index is 1.65. The summed E-state index contributed by atoms with van der Waals surface area (Å²) in [5.41, 5.74) is 1.13. The molecule has 1 aromatic carbocycles. The summed E-state index contributed by atoms with van der Waals surface area (Å²) in [6.45, 7) is 2.93. The molecule has 5 nitrogen and oxygen atoms in total. The largest absolute Gasteiger partial charge is 0.315 e. The maximum Gasteiger partial charge on any atom is 0.243 e. The van der Waals surface area contributed by atoms with Crippen LogP contribution in [0.2, 0.25) is 0 Å². The van der Waals surface area contributed by atoms with Crippen LogP contribution in [-0.2, 0) is 16.1 Å². The number of imide groups is 1. The molecule has 0 bridgehead atoms. The van der Waals surface area contributed by atoms with Crippen molar-refractivity contribution >= 4 is 11.8 Å². The van der Waals surface area contributed by atoms with Crippen LogP contribution in [0.1, 0.15) is 12.0 Å². The predicted molar refractivity (Wildman–Crippen MR) is 74.8 cm³/mol. The van der Waals surface area contributed by atoms with Crippen LogP contribution in [0.4, 0.5) is 0 Å². The Morgan fingerprint density at radius 1 is 1.10 bits per heavy atom. The van der Waals surface area contributed by atoms with Crippen LogP contribution in [0, 0.1) is 0 Å². The molecule has 0 spiro atoms. The zero-order valence-corrected chi connectivity index (χ0v) is 11.4. The zero-order valence-electron chi connectivity index (χ0n) is 11.4. The smallest absolute Gasteiger partial charge is 0.243 e. The average molecular weight is 273 g/mol. The van der Waals surface area contributed by atoms with Gasteiger partial charge in [0.2, 0.25) is 11.8 Å². The molecule has 2 fully saturated rings. The van der Waals surface area contributed by atoms with E-state index in [0.717, 1.165) is 25.1 Å². The molecule has 1 N–H and O–H groups in total. The van der Waals surface area contributed by atoms with Crippen LogP contribution in [0.25, 0.3) is 0 Å². The summed E-state index contributed by atoms with van der Waals surface area (Å²) < 4.78 is 0. The van der Waals surface area contributed by atoms with Crippen molar-refractivity contribution in [2.75, 3.05) is 26.2 Å². The van der Waals surface area contributed by atoms with Crippen molar-refractivity contribution in [3.63, 3.8) is 0 Å². The summed E-state index contributed by atoms with van der Waals surface area (Å²) in [5.74, 6) is -0.128. The Labute approximate surface area is 118 Å². The molecule has 1 unspecified atom stereocenters. The first-order chi connectivity index (χ1) is 9.74. The molecule has 2 amide bonds. The van der Waals surface area contributed by atoms with E-state index in [-0.39, 0.29) is 17.9 Å². The van der Waals surface area contributed by atoms with Gasteiger partial charge in [0, 0.05) is 13.1 Å². The monoisotopic (exact) mass is 273 g/mol. The number of carbonyl (C=O) groups is 2. The minimum Gasteiger partial charge on any atom is -0.315 e. The van der Waals surface area contributed by atoms with E-state index in [1.165, 1.54) is 4.90 Å². The van der Waals surface area contributed by atoms with Gasteiger partial charge in [0.05, 0.1) is 19.1 Å². The van der Waals surface area contributed by atoms with Crippen molar-refractivity contribution in [3.05, 3.63) is 35.9 Å². The normalized spacial score (nSPS) is 24.4. The van der Waals surface area contributed by atoms with Gasteiger partial charge in [0.25, 0.3) is 0 Å². The predicted octanol–water partition coefficient (Wildman–Crippen LogP) is 0.219. The molecule has 2 aliphatic heterocycles. The van der Waals surface area contributed by atoms with Gasteiger partial charge in [-0.25, -0.2) is 0 Å². The number of carbonyl (C=O) groups excluding carboxylic acids is 2. The minimum absolute atomic E-state index is 0.0499. The number of benzene rings is 1. The van der Waals surface area contributed by atoms with E-state index in [4.69, 9.17) is 0 Å². The lowest BCUT2D eigenvalue weighted by atomic mass is 10.1. The lowest BCUT2D eigenvalue weighted by molar-refractivity contribution is -0.154. The number of nitrogens with zero attached hydrogens (tertiary/aromatic N) is 2. The van der Waals surface area contributed by atoms with Gasteiger partial charge in [0.1, 0.15) is 0 Å². The van der Waals surface area contributed by atoms with Crippen molar-refractivity contribution in [1.29, 1.82) is 0 Å². The molecule has 0 saturated carbocycles. The second-order valence-corrected chi connectivity index (χ2v) is 5.43. The maximum atomic E-state index is 12.2. The number of piperazine rings is 1. The van der Waals surface area contributed by atoms with Crippen LogP contribution in [0.15, 0.2) is 30.3 Å². The van der Waals surface area contributed by atoms with Gasteiger partial charge >= 0.3 is 0 Å². The number of rotatable bonds is 3. The summed E-state index contributed by atoms with van der Waals surface area (Å²) in [6, 6.07) is 9.99. The average Bonchev–Trinajstić information content (AvgIpc) is 2.93. The van der Waals surface area contributed by atoms with Crippen LogP contribution in [0.5, 0.6) is 0 Å². The second-order valence-electron chi connectivity index (χ2n) is 5.43. The summed E-state index contributed by atoms with van der Waals surface area (Å²) in [5, 5.41) is 3.20. The number of hydrogen-bond donors (Lipinski definition) is 1. The van der Waals surface area contributed by atoms with Crippen LogP contribution < -0.4 is 5.32 Å². The quantitative estimate of drug-likeness (QED) is 0.801. The van der Waals surface area contributed by atoms with Crippen molar-refractivity contribution in [3.8, 4) is 0 Å². The fraction of sp³-hybridized carbons (Fsp3) is 0.467. The zero-order chi connectivity index (χ0) is 13.9. The molecule has 2 heterocycles. The van der Waals surface area contributed by atoms with Gasteiger partial charge in [0.15, 0.2) is 0 Å². The van der Waals surface area contributed by atoms with E-state index in [0.29, 0.717) is 19.6 Å². The SMILES string of the molecule is O=C1CN(Cc2ccccc2)CC(=O)N1C1CCNC1. The Bertz CT molecular complexity index is 479. The Morgan fingerprint density at radius 2 is 1.80 bits per heavy atom. The first-order valence-corrected chi connectivity index (χ1v) is 7.06. The van der Waals surface area contributed by atoms with Gasteiger partial charge in [-0.15, -0.1) is 0 Å². The van der Waals surface area contributed by atoms with Crippen molar-refractivity contribution in [2.45, 2.75) is 19.0 Å². The molecule has 20 heavy (non-hydrogen) atoms. The highest BCUT2D eigenvalue weighted by Crippen LogP contribution is 2.16. The number of nitrogens with one attached hydrogen (secondary N) is 1. The van der Waals surface area contributed by atoms with E-state index >= 15 is 0 Å². The van der Waals surface area contributed by atoms with Crippen LogP contribution >= 0.6 is 0 Å². The van der Waals surface area contributed by atoms with Gasteiger partial charge in [-0.3, -0.25) is 19.4 Å². The number of amides is 2. The first kappa shape index (κ1) is 13.3. The first-order valence-electron chi connectivity index (χ1n) is 7.06. The molecule has 3 rings (SSSR count). The summed E-state index contributed by atoms with van der Waals surface area (Å²) in [7, 11) is 0. The van der Waals surface area contributed by atoms with Gasteiger partial charge in [-0.2, -0.15) is 0 Å². The summed E-state index contributed by atoms with van der Waals surface area (Å²) in [4.78, 5) is 27.8. The molecule has 0 radical (unpaired) electrons. The van der Waals surface area contributed by atoms with Crippen molar-refractivity contribution in [2.24, 2.45) is 0 Å². The highest BCUT2D eigenvalue weighted by Gasteiger charge is 2.36. The van der Waals surface area contributed by atoms with Gasteiger partial charge in [-0.1, -0.05) is 30.3 Å². The lowest BCUT2D eigenvalue weighted by Gasteiger charge is -2.35. The molecule has 5 heteroatoms. The Hall–Kier alpha value is -1.72. The van der Waals surface area contributed by atoms with E-state index in [1.54, 1.807) is 0 Å². The molecular weight excluding hydrogens is 254 g/mol. The molecule has 2 aliphatic rings. The topological polar surface area (TPSA) is 52.7 Å².